The van der Waals surface area contributed by atoms with Crippen LogP contribution in [0.1, 0.15) is 18.3 Å². The Balaban J connectivity index is 1.84. The van der Waals surface area contributed by atoms with Crippen molar-refractivity contribution in [2.24, 2.45) is 0 Å². The van der Waals surface area contributed by atoms with Crippen LogP contribution in [-0.4, -0.2) is 50.1 Å². The molecule has 1 fully saturated rings. The largest absolute Gasteiger partial charge is 0.353 e. The van der Waals surface area contributed by atoms with E-state index in [-0.39, 0.29) is 11.9 Å². The maximum absolute atomic E-state index is 11.7. The maximum atomic E-state index is 11.7. The van der Waals surface area contributed by atoms with Gasteiger partial charge < -0.3 is 5.32 Å². The van der Waals surface area contributed by atoms with Crippen molar-refractivity contribution in [1.29, 1.82) is 0 Å². The van der Waals surface area contributed by atoms with Crippen LogP contribution in [0, 0.1) is 6.92 Å². The number of piperazine rings is 1. The highest BCUT2D eigenvalue weighted by atomic mass is 16.2. The summed E-state index contributed by atoms with van der Waals surface area (Å²) >= 11 is 0. The van der Waals surface area contributed by atoms with Crippen LogP contribution in [0.4, 0.5) is 0 Å². The van der Waals surface area contributed by atoms with E-state index in [4.69, 9.17) is 0 Å². The molecule has 21 heavy (non-hydrogen) atoms. The molecule has 1 aliphatic rings. The molecule has 2 heterocycles. The third-order valence-corrected chi connectivity index (χ3v) is 3.75. The Labute approximate surface area is 122 Å². The second-order valence-electron chi connectivity index (χ2n) is 5.28. The fraction of sp³-hybridized carbons (Fsp3) is 0.429. The van der Waals surface area contributed by atoms with Gasteiger partial charge in [0.1, 0.15) is 0 Å². The predicted molar refractivity (Wildman–Crippen MR) is 76.8 cm³/mol. The summed E-state index contributed by atoms with van der Waals surface area (Å²) in [5, 5.41) is 14.8. The summed E-state index contributed by atoms with van der Waals surface area (Å²) in [5.41, 5.74) is 2.09. The number of nitrogens with one attached hydrogen (secondary N) is 1. The number of carbonyl (C=O) groups is 1. The lowest BCUT2D eigenvalue weighted by molar-refractivity contribution is -0.128. The van der Waals surface area contributed by atoms with Crippen LogP contribution in [0.15, 0.2) is 24.3 Å². The number of benzene rings is 1. The van der Waals surface area contributed by atoms with Gasteiger partial charge >= 0.3 is 0 Å². The van der Waals surface area contributed by atoms with Crippen LogP contribution in [0.3, 0.4) is 0 Å². The molecule has 1 N–H and O–H groups in total. The van der Waals surface area contributed by atoms with Crippen molar-refractivity contribution in [3.05, 3.63) is 35.7 Å². The topological polar surface area (TPSA) is 75.9 Å². The standard InChI is InChI=1S/C14H18N6O/c1-10-4-3-5-12(8-10)20-13(16-17-18-20)9-19-7-6-15-14(21)11(19)2/h3-5,8,11H,6-7,9H2,1-2H3,(H,15,21). The second kappa shape index (κ2) is 5.61. The first-order valence-corrected chi connectivity index (χ1v) is 7.01. The van der Waals surface area contributed by atoms with Gasteiger partial charge in [-0.25, -0.2) is 0 Å². The van der Waals surface area contributed by atoms with Crippen LogP contribution in [-0.2, 0) is 11.3 Å². The highest BCUT2D eigenvalue weighted by molar-refractivity contribution is 5.81. The van der Waals surface area contributed by atoms with Crippen molar-refractivity contribution < 1.29 is 4.79 Å². The van der Waals surface area contributed by atoms with Gasteiger partial charge in [0.15, 0.2) is 5.82 Å². The minimum Gasteiger partial charge on any atom is -0.353 e. The van der Waals surface area contributed by atoms with Gasteiger partial charge in [-0.2, -0.15) is 4.68 Å². The average molecular weight is 286 g/mol. The highest BCUT2D eigenvalue weighted by Crippen LogP contribution is 2.13. The highest BCUT2D eigenvalue weighted by Gasteiger charge is 2.26. The number of amides is 1. The van der Waals surface area contributed by atoms with Gasteiger partial charge in [0.25, 0.3) is 0 Å². The quantitative estimate of drug-likeness (QED) is 0.877. The van der Waals surface area contributed by atoms with Crippen LogP contribution in [0.25, 0.3) is 5.69 Å². The van der Waals surface area contributed by atoms with E-state index in [1.54, 1.807) is 4.68 Å². The molecular formula is C14H18N6O. The molecule has 0 aliphatic carbocycles. The first kappa shape index (κ1) is 13.7. The lowest BCUT2D eigenvalue weighted by Crippen LogP contribution is -2.53. The smallest absolute Gasteiger partial charge is 0.237 e. The minimum atomic E-state index is -0.165. The Morgan fingerprint density at radius 1 is 1.43 bits per heavy atom. The first-order valence-electron chi connectivity index (χ1n) is 7.01. The van der Waals surface area contributed by atoms with Gasteiger partial charge in [-0.05, 0) is 42.0 Å². The number of tetrazole rings is 1. The normalized spacial score (nSPS) is 19.5. The predicted octanol–water partition coefficient (Wildman–Crippen LogP) is 0.291. The molecule has 1 aliphatic heterocycles. The first-order chi connectivity index (χ1) is 10.1. The van der Waals surface area contributed by atoms with Gasteiger partial charge in [-0.3, -0.25) is 9.69 Å². The summed E-state index contributed by atoms with van der Waals surface area (Å²) in [6, 6.07) is 7.85. The Kier molecular flexibility index (Phi) is 3.66. The number of carbonyl (C=O) groups excluding carboxylic acids is 1. The SMILES string of the molecule is Cc1cccc(-n2nnnc2CN2CCNC(=O)C2C)c1. The zero-order valence-electron chi connectivity index (χ0n) is 12.2. The molecule has 0 saturated carbocycles. The van der Waals surface area contributed by atoms with Crippen molar-refractivity contribution in [1.82, 2.24) is 30.4 Å². The van der Waals surface area contributed by atoms with Crippen molar-refractivity contribution in [3.8, 4) is 5.69 Å². The molecule has 0 spiro atoms. The minimum absolute atomic E-state index is 0.0517. The van der Waals surface area contributed by atoms with E-state index in [2.05, 4.69) is 25.7 Å². The molecule has 2 aromatic rings. The Bertz CT molecular complexity index is 652. The van der Waals surface area contributed by atoms with E-state index in [1.807, 2.05) is 38.1 Å². The average Bonchev–Trinajstić information content (AvgIpc) is 2.92. The van der Waals surface area contributed by atoms with Gasteiger partial charge in [0.2, 0.25) is 5.91 Å². The fourth-order valence-corrected chi connectivity index (χ4v) is 2.49. The summed E-state index contributed by atoms with van der Waals surface area (Å²) in [7, 11) is 0. The summed E-state index contributed by atoms with van der Waals surface area (Å²) in [6.07, 6.45) is 0. The zero-order valence-corrected chi connectivity index (χ0v) is 12.2. The second-order valence-corrected chi connectivity index (χ2v) is 5.28. The number of hydrogen-bond donors (Lipinski definition) is 1. The molecule has 1 atom stereocenters. The van der Waals surface area contributed by atoms with Crippen LogP contribution >= 0.6 is 0 Å². The van der Waals surface area contributed by atoms with Gasteiger partial charge in [0, 0.05) is 13.1 Å². The molecule has 1 unspecified atom stereocenters. The Hall–Kier alpha value is -2.28. The van der Waals surface area contributed by atoms with Crippen LogP contribution in [0.2, 0.25) is 0 Å². The van der Waals surface area contributed by atoms with Crippen LogP contribution < -0.4 is 5.32 Å². The lowest BCUT2D eigenvalue weighted by Gasteiger charge is -2.32. The number of nitrogens with zero attached hydrogens (tertiary/aromatic N) is 5. The number of aromatic nitrogens is 4. The van der Waals surface area contributed by atoms with E-state index in [0.717, 1.165) is 23.6 Å². The molecule has 1 amide bonds. The monoisotopic (exact) mass is 286 g/mol. The maximum Gasteiger partial charge on any atom is 0.237 e. The van der Waals surface area contributed by atoms with Gasteiger partial charge in [-0.15, -0.1) is 5.10 Å². The van der Waals surface area contributed by atoms with Crippen molar-refractivity contribution >= 4 is 5.91 Å². The Morgan fingerprint density at radius 2 is 2.29 bits per heavy atom. The van der Waals surface area contributed by atoms with Gasteiger partial charge in [0.05, 0.1) is 18.3 Å². The van der Waals surface area contributed by atoms with Crippen molar-refractivity contribution in [2.75, 3.05) is 13.1 Å². The summed E-state index contributed by atoms with van der Waals surface area (Å²) in [4.78, 5) is 13.8. The molecule has 7 nitrogen and oxygen atoms in total. The van der Waals surface area contributed by atoms with Crippen molar-refractivity contribution in [3.63, 3.8) is 0 Å². The van der Waals surface area contributed by atoms with E-state index in [0.29, 0.717) is 13.1 Å². The Morgan fingerprint density at radius 3 is 3.10 bits per heavy atom. The van der Waals surface area contributed by atoms with Crippen molar-refractivity contribution in [2.45, 2.75) is 26.4 Å². The third-order valence-electron chi connectivity index (χ3n) is 3.75. The number of hydrogen-bond acceptors (Lipinski definition) is 5. The molecule has 1 saturated heterocycles. The van der Waals surface area contributed by atoms with Crippen LogP contribution in [0.5, 0.6) is 0 Å². The summed E-state index contributed by atoms with van der Waals surface area (Å²) in [5.74, 6) is 0.790. The number of aryl methyl sites for hydroxylation is 1. The molecule has 110 valence electrons. The fourth-order valence-electron chi connectivity index (χ4n) is 2.49. The van der Waals surface area contributed by atoms with E-state index in [1.165, 1.54) is 0 Å². The van der Waals surface area contributed by atoms with Gasteiger partial charge in [-0.1, -0.05) is 12.1 Å². The molecule has 7 heteroatoms. The lowest BCUT2D eigenvalue weighted by atomic mass is 10.2. The molecule has 1 aromatic carbocycles. The summed E-state index contributed by atoms with van der Waals surface area (Å²) < 4.78 is 1.73. The number of rotatable bonds is 3. The summed E-state index contributed by atoms with van der Waals surface area (Å²) in [6.45, 7) is 5.94. The van der Waals surface area contributed by atoms with E-state index in [9.17, 15) is 4.79 Å². The van der Waals surface area contributed by atoms with E-state index >= 15 is 0 Å². The molecule has 0 radical (unpaired) electrons. The molecule has 3 rings (SSSR count). The third kappa shape index (κ3) is 2.78. The molecule has 1 aromatic heterocycles. The molecular weight excluding hydrogens is 268 g/mol. The zero-order chi connectivity index (χ0) is 14.8. The van der Waals surface area contributed by atoms with E-state index < -0.39 is 0 Å². The molecule has 0 bridgehead atoms.